The predicted octanol–water partition coefficient (Wildman–Crippen LogP) is 5.29. The number of esters is 1. The molecule has 0 saturated carbocycles. The number of carbonyl (C=O) groups excluding carboxylic acids is 1. The average Bonchev–Trinajstić information content (AvgIpc) is 2.59. The molecule has 6 nitrogen and oxygen atoms in total. The maximum Gasteiger partial charge on any atom is 0.469 e. The molecule has 0 spiro atoms. The Morgan fingerprint density at radius 3 is 1.42 bits per heavy atom. The number of ether oxygens (including phenoxy) is 1. The van der Waals surface area contributed by atoms with Gasteiger partial charge in [0.1, 0.15) is 0 Å². The van der Waals surface area contributed by atoms with E-state index in [4.69, 9.17) is 14.5 Å². The van der Waals surface area contributed by atoms with Crippen LogP contribution in [0.2, 0.25) is 0 Å². The standard InChI is InChI=1S/C19H37O6P/c1-2-19(20)24-17-15-13-11-9-7-5-3-4-6-8-10-12-14-16-18-25-26(21,22)23/h2H,1,3-18H2,(H2,21,22,23). The van der Waals surface area contributed by atoms with Crippen LogP contribution < -0.4 is 0 Å². The molecule has 0 rings (SSSR count). The summed E-state index contributed by atoms with van der Waals surface area (Å²) in [7, 11) is -4.28. The summed E-state index contributed by atoms with van der Waals surface area (Å²) in [6.07, 6.45) is 17.4. The zero-order chi connectivity index (χ0) is 19.5. The molecule has 0 unspecified atom stereocenters. The van der Waals surface area contributed by atoms with Gasteiger partial charge in [-0.3, -0.25) is 4.52 Å². The fourth-order valence-electron chi connectivity index (χ4n) is 2.74. The molecule has 0 aliphatic carbocycles. The van der Waals surface area contributed by atoms with E-state index in [1.54, 1.807) is 0 Å². The maximum atomic E-state index is 10.8. The molecular weight excluding hydrogens is 355 g/mol. The van der Waals surface area contributed by atoms with Crippen molar-refractivity contribution < 1.29 is 28.4 Å². The first kappa shape index (κ1) is 25.3. The summed E-state index contributed by atoms with van der Waals surface area (Å²) >= 11 is 0. The highest BCUT2D eigenvalue weighted by molar-refractivity contribution is 7.46. The highest BCUT2D eigenvalue weighted by atomic mass is 31.2. The van der Waals surface area contributed by atoms with Gasteiger partial charge in [-0.2, -0.15) is 0 Å². The van der Waals surface area contributed by atoms with Crippen LogP contribution in [0.1, 0.15) is 89.9 Å². The molecule has 26 heavy (non-hydrogen) atoms. The molecule has 0 amide bonds. The van der Waals surface area contributed by atoms with Crippen LogP contribution in [0.3, 0.4) is 0 Å². The van der Waals surface area contributed by atoms with Gasteiger partial charge in [-0.1, -0.05) is 83.6 Å². The number of hydrogen-bond donors (Lipinski definition) is 2. The van der Waals surface area contributed by atoms with Crippen molar-refractivity contribution in [3.8, 4) is 0 Å². The Bertz CT molecular complexity index is 393. The maximum absolute atomic E-state index is 10.8. The Morgan fingerprint density at radius 1 is 0.731 bits per heavy atom. The minimum Gasteiger partial charge on any atom is -0.463 e. The number of phosphoric ester groups is 1. The van der Waals surface area contributed by atoms with Crippen LogP contribution in [-0.4, -0.2) is 29.0 Å². The van der Waals surface area contributed by atoms with E-state index >= 15 is 0 Å². The van der Waals surface area contributed by atoms with Gasteiger partial charge in [0.2, 0.25) is 0 Å². The van der Waals surface area contributed by atoms with Crippen LogP contribution in [0, 0.1) is 0 Å². The van der Waals surface area contributed by atoms with Crippen LogP contribution in [0.4, 0.5) is 0 Å². The molecule has 2 N–H and O–H groups in total. The molecular formula is C19H37O6P. The second-order valence-corrected chi connectivity index (χ2v) is 7.88. The van der Waals surface area contributed by atoms with Gasteiger partial charge in [0.05, 0.1) is 13.2 Å². The first-order valence-electron chi connectivity index (χ1n) is 9.95. The first-order valence-corrected chi connectivity index (χ1v) is 11.5. The minimum absolute atomic E-state index is 0.143. The fourth-order valence-corrected chi connectivity index (χ4v) is 3.11. The lowest BCUT2D eigenvalue weighted by Gasteiger charge is -2.05. The molecule has 0 saturated heterocycles. The number of hydrogen-bond acceptors (Lipinski definition) is 4. The highest BCUT2D eigenvalue weighted by Crippen LogP contribution is 2.35. The van der Waals surface area contributed by atoms with Gasteiger partial charge in [0.15, 0.2) is 0 Å². The van der Waals surface area contributed by atoms with Gasteiger partial charge in [0, 0.05) is 6.08 Å². The minimum atomic E-state index is -4.28. The summed E-state index contributed by atoms with van der Waals surface area (Å²) in [5.74, 6) is -0.334. The molecule has 0 bridgehead atoms. The average molecular weight is 392 g/mol. The van der Waals surface area contributed by atoms with Crippen LogP contribution >= 0.6 is 7.82 Å². The van der Waals surface area contributed by atoms with Crippen molar-refractivity contribution in [3.05, 3.63) is 12.7 Å². The topological polar surface area (TPSA) is 93.1 Å². The van der Waals surface area contributed by atoms with Crippen molar-refractivity contribution in [2.45, 2.75) is 89.9 Å². The zero-order valence-corrected chi connectivity index (χ0v) is 17.0. The third-order valence-electron chi connectivity index (χ3n) is 4.21. The van der Waals surface area contributed by atoms with Gasteiger partial charge in [-0.05, 0) is 12.8 Å². The van der Waals surface area contributed by atoms with Gasteiger partial charge in [-0.25, -0.2) is 9.36 Å². The molecule has 0 atom stereocenters. The van der Waals surface area contributed by atoms with Crippen molar-refractivity contribution in [2.24, 2.45) is 0 Å². The van der Waals surface area contributed by atoms with Crippen molar-refractivity contribution in [2.75, 3.05) is 13.2 Å². The molecule has 154 valence electrons. The molecule has 0 aliphatic heterocycles. The van der Waals surface area contributed by atoms with Gasteiger partial charge in [-0.15, -0.1) is 0 Å². The van der Waals surface area contributed by atoms with Gasteiger partial charge in [0.25, 0.3) is 0 Å². The van der Waals surface area contributed by atoms with Crippen LogP contribution in [-0.2, 0) is 18.6 Å². The van der Waals surface area contributed by atoms with Crippen LogP contribution in [0.15, 0.2) is 12.7 Å². The van der Waals surface area contributed by atoms with Gasteiger partial charge < -0.3 is 14.5 Å². The normalized spacial score (nSPS) is 11.5. The Morgan fingerprint density at radius 2 is 1.08 bits per heavy atom. The van der Waals surface area contributed by atoms with E-state index in [-0.39, 0.29) is 12.6 Å². The van der Waals surface area contributed by atoms with Crippen LogP contribution in [0.25, 0.3) is 0 Å². The summed E-state index contributed by atoms with van der Waals surface area (Å²) in [5.41, 5.74) is 0. The lowest BCUT2D eigenvalue weighted by Crippen LogP contribution is -2.01. The van der Waals surface area contributed by atoms with E-state index in [1.165, 1.54) is 63.9 Å². The predicted molar refractivity (Wildman–Crippen MR) is 104 cm³/mol. The van der Waals surface area contributed by atoms with E-state index in [0.717, 1.165) is 25.7 Å². The van der Waals surface area contributed by atoms with Gasteiger partial charge >= 0.3 is 13.8 Å². The van der Waals surface area contributed by atoms with Crippen molar-refractivity contribution in [1.82, 2.24) is 0 Å². The molecule has 0 fully saturated rings. The Labute approximate surface area is 158 Å². The van der Waals surface area contributed by atoms with E-state index < -0.39 is 7.82 Å². The van der Waals surface area contributed by atoms with E-state index in [0.29, 0.717) is 13.0 Å². The Kier molecular flexibility index (Phi) is 17.3. The first-order chi connectivity index (χ1) is 12.5. The fraction of sp³-hybridized carbons (Fsp3) is 0.842. The molecule has 0 heterocycles. The SMILES string of the molecule is C=CC(=O)OCCCCCCCCCCCCCCCCOP(=O)(O)O. The van der Waals surface area contributed by atoms with Crippen molar-refractivity contribution in [3.63, 3.8) is 0 Å². The summed E-state index contributed by atoms with van der Waals surface area (Å²) in [4.78, 5) is 27.9. The zero-order valence-electron chi connectivity index (χ0n) is 16.1. The Balaban J connectivity index is 3.08. The summed E-state index contributed by atoms with van der Waals surface area (Å²) in [6.45, 7) is 4.00. The van der Waals surface area contributed by atoms with E-state index in [9.17, 15) is 9.36 Å². The molecule has 0 aromatic rings. The van der Waals surface area contributed by atoms with Crippen LogP contribution in [0.5, 0.6) is 0 Å². The second kappa shape index (κ2) is 17.7. The molecule has 0 aromatic heterocycles. The van der Waals surface area contributed by atoms with Crippen molar-refractivity contribution in [1.29, 1.82) is 0 Å². The number of rotatable bonds is 19. The highest BCUT2D eigenvalue weighted by Gasteiger charge is 2.12. The summed E-state index contributed by atoms with van der Waals surface area (Å²) in [6, 6.07) is 0. The molecule has 0 radical (unpaired) electrons. The smallest absolute Gasteiger partial charge is 0.463 e. The summed E-state index contributed by atoms with van der Waals surface area (Å²) < 4.78 is 19.8. The lowest BCUT2D eigenvalue weighted by molar-refractivity contribution is -0.137. The molecule has 7 heteroatoms. The third-order valence-corrected chi connectivity index (χ3v) is 4.73. The monoisotopic (exact) mass is 392 g/mol. The number of phosphoric acid groups is 1. The largest absolute Gasteiger partial charge is 0.469 e. The molecule has 0 aliphatic rings. The molecule has 0 aromatic carbocycles. The second-order valence-electron chi connectivity index (χ2n) is 6.65. The number of unbranched alkanes of at least 4 members (excludes halogenated alkanes) is 13. The number of carbonyl (C=O) groups is 1. The van der Waals surface area contributed by atoms with Crippen molar-refractivity contribution >= 4 is 13.8 Å². The lowest BCUT2D eigenvalue weighted by atomic mass is 10.0. The third kappa shape index (κ3) is 21.4. The quantitative estimate of drug-likeness (QED) is 0.134. The van der Waals surface area contributed by atoms with E-state index in [1.807, 2.05) is 0 Å². The Hall–Kier alpha value is -0.680. The van der Waals surface area contributed by atoms with E-state index in [2.05, 4.69) is 11.1 Å². The summed E-state index contributed by atoms with van der Waals surface area (Å²) in [5, 5.41) is 0.